The summed E-state index contributed by atoms with van der Waals surface area (Å²) in [4.78, 5) is 12.5. The zero-order valence-corrected chi connectivity index (χ0v) is 10.8. The van der Waals surface area contributed by atoms with Crippen molar-refractivity contribution in [1.29, 1.82) is 0 Å². The van der Waals surface area contributed by atoms with Crippen LogP contribution in [0.2, 0.25) is 0 Å². The molecule has 86 valence electrons. The standard InChI is InChI=1S/C11H17NOS.ClH/c1-3-9(12)4-5-10(13)11-6-8(2)7-14-11;/h6-7,9H,3-5,12H2,1-2H3;1H. The molecule has 0 aromatic carbocycles. The van der Waals surface area contributed by atoms with Crippen molar-refractivity contribution in [3.8, 4) is 0 Å². The molecule has 0 bridgehead atoms. The van der Waals surface area contributed by atoms with E-state index in [4.69, 9.17) is 5.73 Å². The van der Waals surface area contributed by atoms with E-state index in [1.807, 2.05) is 25.3 Å². The van der Waals surface area contributed by atoms with Crippen LogP contribution in [0.3, 0.4) is 0 Å². The minimum Gasteiger partial charge on any atom is -0.328 e. The van der Waals surface area contributed by atoms with E-state index in [-0.39, 0.29) is 24.2 Å². The summed E-state index contributed by atoms with van der Waals surface area (Å²) in [5, 5.41) is 2.01. The van der Waals surface area contributed by atoms with Gasteiger partial charge in [-0.25, -0.2) is 0 Å². The molecule has 2 N–H and O–H groups in total. The van der Waals surface area contributed by atoms with Gasteiger partial charge in [-0.3, -0.25) is 4.79 Å². The van der Waals surface area contributed by atoms with Gasteiger partial charge in [0.1, 0.15) is 0 Å². The highest BCUT2D eigenvalue weighted by Gasteiger charge is 2.09. The van der Waals surface area contributed by atoms with Crippen molar-refractivity contribution >= 4 is 29.5 Å². The molecule has 0 amide bonds. The number of rotatable bonds is 5. The molecule has 0 radical (unpaired) electrons. The van der Waals surface area contributed by atoms with Gasteiger partial charge in [0.25, 0.3) is 0 Å². The Hall–Kier alpha value is -0.380. The fourth-order valence-corrected chi connectivity index (χ4v) is 2.09. The second-order valence-electron chi connectivity index (χ2n) is 3.62. The maximum Gasteiger partial charge on any atom is 0.172 e. The van der Waals surface area contributed by atoms with Crippen molar-refractivity contribution in [2.24, 2.45) is 5.73 Å². The predicted octanol–water partition coefficient (Wildman–Crippen LogP) is 3.18. The van der Waals surface area contributed by atoms with Crippen LogP contribution < -0.4 is 5.73 Å². The van der Waals surface area contributed by atoms with E-state index in [0.29, 0.717) is 6.42 Å². The third-order valence-corrected chi connectivity index (χ3v) is 3.36. The fourth-order valence-electron chi connectivity index (χ4n) is 1.22. The Bertz CT molecular complexity index is 311. The molecule has 0 spiro atoms. The molecule has 0 aliphatic carbocycles. The number of hydrogen-bond donors (Lipinski definition) is 1. The minimum atomic E-state index is 0. The van der Waals surface area contributed by atoms with E-state index in [1.165, 1.54) is 11.3 Å². The summed E-state index contributed by atoms with van der Waals surface area (Å²) in [5.74, 6) is 0.229. The molecule has 1 aromatic heterocycles. The number of halogens is 1. The number of thiophene rings is 1. The fraction of sp³-hybridized carbons (Fsp3) is 0.545. The molecule has 0 saturated carbocycles. The van der Waals surface area contributed by atoms with Crippen LogP contribution in [-0.2, 0) is 0 Å². The van der Waals surface area contributed by atoms with Crippen LogP contribution in [0.4, 0.5) is 0 Å². The van der Waals surface area contributed by atoms with Crippen molar-refractivity contribution in [3.63, 3.8) is 0 Å². The highest BCUT2D eigenvalue weighted by molar-refractivity contribution is 7.12. The monoisotopic (exact) mass is 247 g/mol. The Morgan fingerprint density at radius 3 is 2.73 bits per heavy atom. The Labute approximate surface area is 101 Å². The smallest absolute Gasteiger partial charge is 0.172 e. The number of aryl methyl sites for hydroxylation is 1. The average Bonchev–Trinajstić information content (AvgIpc) is 2.60. The Morgan fingerprint density at radius 1 is 1.60 bits per heavy atom. The van der Waals surface area contributed by atoms with Gasteiger partial charge in [-0.15, -0.1) is 23.7 Å². The van der Waals surface area contributed by atoms with Crippen LogP contribution in [0.15, 0.2) is 11.4 Å². The summed E-state index contributed by atoms with van der Waals surface area (Å²) in [5.41, 5.74) is 6.92. The summed E-state index contributed by atoms with van der Waals surface area (Å²) in [6.45, 7) is 4.05. The van der Waals surface area contributed by atoms with E-state index in [0.717, 1.165) is 23.3 Å². The molecule has 1 rings (SSSR count). The lowest BCUT2D eigenvalue weighted by Crippen LogP contribution is -2.19. The van der Waals surface area contributed by atoms with Gasteiger partial charge in [0.15, 0.2) is 5.78 Å². The topological polar surface area (TPSA) is 43.1 Å². The second-order valence-corrected chi connectivity index (χ2v) is 4.53. The second kappa shape index (κ2) is 6.99. The highest BCUT2D eigenvalue weighted by atomic mass is 35.5. The summed E-state index contributed by atoms with van der Waals surface area (Å²) < 4.78 is 0. The maximum absolute atomic E-state index is 11.6. The van der Waals surface area contributed by atoms with Crippen molar-refractivity contribution in [2.45, 2.75) is 39.2 Å². The van der Waals surface area contributed by atoms with Crippen molar-refractivity contribution < 1.29 is 4.79 Å². The minimum absolute atomic E-state index is 0. The van der Waals surface area contributed by atoms with E-state index < -0.39 is 0 Å². The number of carbonyl (C=O) groups is 1. The molecule has 1 atom stereocenters. The Balaban J connectivity index is 0.00000196. The van der Waals surface area contributed by atoms with Crippen LogP contribution in [0, 0.1) is 6.92 Å². The molecular formula is C11H18ClNOS. The van der Waals surface area contributed by atoms with E-state index in [2.05, 4.69) is 0 Å². The van der Waals surface area contributed by atoms with Gasteiger partial charge in [-0.1, -0.05) is 6.92 Å². The van der Waals surface area contributed by atoms with Crippen LogP contribution in [0.1, 0.15) is 41.4 Å². The normalized spacial score (nSPS) is 11.9. The van der Waals surface area contributed by atoms with Crippen molar-refractivity contribution in [3.05, 3.63) is 21.9 Å². The first-order valence-electron chi connectivity index (χ1n) is 4.97. The lowest BCUT2D eigenvalue weighted by molar-refractivity contribution is 0.0981. The number of carbonyl (C=O) groups excluding carboxylic acids is 1. The van der Waals surface area contributed by atoms with Crippen LogP contribution in [-0.4, -0.2) is 11.8 Å². The summed E-state index contributed by atoms with van der Waals surface area (Å²) in [7, 11) is 0. The number of Topliss-reactive ketones (excluding diaryl/α,β-unsaturated/α-hetero) is 1. The molecule has 2 nitrogen and oxygen atoms in total. The lowest BCUT2D eigenvalue weighted by atomic mass is 10.1. The molecule has 0 fully saturated rings. The van der Waals surface area contributed by atoms with Gasteiger partial charge >= 0.3 is 0 Å². The van der Waals surface area contributed by atoms with Crippen LogP contribution >= 0.6 is 23.7 Å². The molecule has 15 heavy (non-hydrogen) atoms. The van der Waals surface area contributed by atoms with E-state index >= 15 is 0 Å². The van der Waals surface area contributed by atoms with Gasteiger partial charge in [-0.05, 0) is 36.8 Å². The maximum atomic E-state index is 11.6. The quantitative estimate of drug-likeness (QED) is 0.813. The van der Waals surface area contributed by atoms with Crippen LogP contribution in [0.5, 0.6) is 0 Å². The van der Waals surface area contributed by atoms with Gasteiger partial charge in [-0.2, -0.15) is 0 Å². The largest absolute Gasteiger partial charge is 0.328 e. The first-order chi connectivity index (χ1) is 6.63. The molecule has 1 heterocycles. The van der Waals surface area contributed by atoms with Gasteiger partial charge in [0.05, 0.1) is 4.88 Å². The zero-order chi connectivity index (χ0) is 10.6. The first-order valence-corrected chi connectivity index (χ1v) is 5.85. The molecular weight excluding hydrogens is 230 g/mol. The van der Waals surface area contributed by atoms with Gasteiger partial charge in [0, 0.05) is 12.5 Å². The number of ketones is 1. The van der Waals surface area contributed by atoms with Gasteiger partial charge < -0.3 is 5.73 Å². The molecule has 0 aliphatic rings. The number of hydrogen-bond acceptors (Lipinski definition) is 3. The molecule has 4 heteroatoms. The summed E-state index contributed by atoms with van der Waals surface area (Å²) >= 11 is 1.53. The highest BCUT2D eigenvalue weighted by Crippen LogP contribution is 2.16. The molecule has 1 unspecified atom stereocenters. The van der Waals surface area contributed by atoms with E-state index in [1.54, 1.807) is 0 Å². The Kier molecular flexibility index (Phi) is 6.81. The third-order valence-electron chi connectivity index (χ3n) is 2.27. The summed E-state index contributed by atoms with van der Waals surface area (Å²) in [6.07, 6.45) is 2.32. The average molecular weight is 248 g/mol. The first kappa shape index (κ1) is 14.6. The number of nitrogens with two attached hydrogens (primary N) is 1. The third kappa shape index (κ3) is 4.78. The Morgan fingerprint density at radius 2 is 2.27 bits per heavy atom. The molecule has 0 saturated heterocycles. The zero-order valence-electron chi connectivity index (χ0n) is 9.16. The molecule has 0 aliphatic heterocycles. The van der Waals surface area contributed by atoms with E-state index in [9.17, 15) is 4.79 Å². The lowest BCUT2D eigenvalue weighted by Gasteiger charge is -2.06. The predicted molar refractivity (Wildman–Crippen MR) is 68.1 cm³/mol. The van der Waals surface area contributed by atoms with Crippen molar-refractivity contribution in [1.82, 2.24) is 0 Å². The van der Waals surface area contributed by atoms with Crippen LogP contribution in [0.25, 0.3) is 0 Å². The van der Waals surface area contributed by atoms with Crippen molar-refractivity contribution in [2.75, 3.05) is 0 Å². The summed E-state index contributed by atoms with van der Waals surface area (Å²) in [6, 6.07) is 2.12. The SMILES string of the molecule is CCC(N)CCC(=O)c1cc(C)cs1.Cl. The molecule has 1 aromatic rings. The van der Waals surface area contributed by atoms with Gasteiger partial charge in [0.2, 0.25) is 0 Å².